The van der Waals surface area contributed by atoms with Gasteiger partial charge in [-0.2, -0.15) is 0 Å². The summed E-state index contributed by atoms with van der Waals surface area (Å²) in [6, 6.07) is 7.31. The SMILES string of the molecule is CSc1nc(N)c2[nH]c(=O)n(Cc3ccc(Cl)cc3)c2n1. The van der Waals surface area contributed by atoms with E-state index in [1.807, 2.05) is 18.4 Å². The number of nitrogen functional groups attached to an aromatic ring is 1. The van der Waals surface area contributed by atoms with E-state index >= 15 is 0 Å². The summed E-state index contributed by atoms with van der Waals surface area (Å²) in [4.78, 5) is 23.3. The number of nitrogens with one attached hydrogen (secondary N) is 1. The first kappa shape index (κ1) is 14.0. The van der Waals surface area contributed by atoms with E-state index in [9.17, 15) is 4.79 Å². The van der Waals surface area contributed by atoms with Crippen LogP contribution in [0.2, 0.25) is 5.02 Å². The number of nitrogens with two attached hydrogens (primary N) is 1. The van der Waals surface area contributed by atoms with Crippen LogP contribution in [0.15, 0.2) is 34.2 Å². The monoisotopic (exact) mass is 321 g/mol. The third-order valence-corrected chi connectivity index (χ3v) is 3.87. The van der Waals surface area contributed by atoms with E-state index in [0.29, 0.717) is 27.9 Å². The number of nitrogens with zero attached hydrogens (tertiary/aromatic N) is 3. The van der Waals surface area contributed by atoms with Crippen LogP contribution in [0.25, 0.3) is 11.2 Å². The summed E-state index contributed by atoms with van der Waals surface area (Å²) < 4.78 is 1.54. The number of thioether (sulfide) groups is 1. The highest BCUT2D eigenvalue weighted by Crippen LogP contribution is 2.19. The maximum absolute atomic E-state index is 12.1. The first-order chi connectivity index (χ1) is 10.1. The Bertz CT molecular complexity index is 855. The lowest BCUT2D eigenvalue weighted by molar-refractivity contribution is 0.771. The second-order valence-electron chi connectivity index (χ2n) is 4.44. The van der Waals surface area contributed by atoms with Crippen molar-refractivity contribution in [2.75, 3.05) is 12.0 Å². The minimum absolute atomic E-state index is 0.265. The quantitative estimate of drug-likeness (QED) is 0.569. The van der Waals surface area contributed by atoms with Gasteiger partial charge in [0.2, 0.25) is 0 Å². The van der Waals surface area contributed by atoms with Crippen molar-refractivity contribution in [3.05, 3.63) is 45.3 Å². The Hall–Kier alpha value is -1.99. The lowest BCUT2D eigenvalue weighted by Crippen LogP contribution is -2.17. The molecule has 0 aliphatic rings. The number of hydrogen-bond donors (Lipinski definition) is 2. The Morgan fingerprint density at radius 1 is 1.33 bits per heavy atom. The number of H-pyrrole nitrogens is 1. The molecule has 3 rings (SSSR count). The minimum atomic E-state index is -0.265. The second kappa shape index (κ2) is 5.42. The molecule has 0 amide bonds. The maximum Gasteiger partial charge on any atom is 0.328 e. The Balaban J connectivity index is 2.13. The van der Waals surface area contributed by atoms with Crippen molar-refractivity contribution in [1.29, 1.82) is 0 Å². The van der Waals surface area contributed by atoms with Gasteiger partial charge in [-0.1, -0.05) is 35.5 Å². The maximum atomic E-state index is 12.1. The van der Waals surface area contributed by atoms with Gasteiger partial charge in [-0.05, 0) is 24.0 Å². The molecule has 108 valence electrons. The van der Waals surface area contributed by atoms with Crippen LogP contribution in [-0.4, -0.2) is 25.8 Å². The molecule has 3 aromatic rings. The summed E-state index contributed by atoms with van der Waals surface area (Å²) in [5.41, 5.74) is 7.52. The first-order valence-corrected chi connectivity index (χ1v) is 7.73. The minimum Gasteiger partial charge on any atom is -0.382 e. The summed E-state index contributed by atoms with van der Waals surface area (Å²) >= 11 is 7.24. The molecule has 0 atom stereocenters. The van der Waals surface area contributed by atoms with Gasteiger partial charge in [0, 0.05) is 5.02 Å². The average molecular weight is 322 g/mol. The zero-order chi connectivity index (χ0) is 15.0. The topological polar surface area (TPSA) is 89.6 Å². The van der Waals surface area contributed by atoms with Crippen molar-refractivity contribution < 1.29 is 0 Å². The molecule has 0 radical (unpaired) electrons. The molecule has 0 spiro atoms. The molecule has 2 heterocycles. The van der Waals surface area contributed by atoms with E-state index in [1.54, 1.807) is 12.1 Å². The van der Waals surface area contributed by atoms with Crippen molar-refractivity contribution in [2.24, 2.45) is 0 Å². The zero-order valence-corrected chi connectivity index (χ0v) is 12.7. The average Bonchev–Trinajstić information content (AvgIpc) is 2.78. The third kappa shape index (κ3) is 2.62. The summed E-state index contributed by atoms with van der Waals surface area (Å²) in [5, 5.41) is 1.19. The largest absolute Gasteiger partial charge is 0.382 e. The fourth-order valence-electron chi connectivity index (χ4n) is 2.04. The summed E-state index contributed by atoms with van der Waals surface area (Å²) in [5.74, 6) is 0.274. The molecule has 0 unspecified atom stereocenters. The van der Waals surface area contributed by atoms with Gasteiger partial charge in [-0.3, -0.25) is 4.57 Å². The normalized spacial score (nSPS) is 11.1. The van der Waals surface area contributed by atoms with Crippen LogP contribution in [0.4, 0.5) is 5.82 Å². The van der Waals surface area contributed by atoms with Gasteiger partial charge in [-0.25, -0.2) is 14.8 Å². The molecule has 21 heavy (non-hydrogen) atoms. The van der Waals surface area contributed by atoms with E-state index in [4.69, 9.17) is 17.3 Å². The molecule has 1 aromatic carbocycles. The molecular formula is C13H12ClN5OS. The van der Waals surface area contributed by atoms with Crippen LogP contribution in [0.5, 0.6) is 0 Å². The van der Waals surface area contributed by atoms with Gasteiger partial charge in [0.05, 0.1) is 6.54 Å². The molecule has 8 heteroatoms. The predicted molar refractivity (Wildman–Crippen MR) is 84.9 cm³/mol. The number of imidazole rings is 1. The van der Waals surface area contributed by atoms with Crippen LogP contribution in [0.1, 0.15) is 5.56 Å². The van der Waals surface area contributed by atoms with E-state index < -0.39 is 0 Å². The van der Waals surface area contributed by atoms with Crippen LogP contribution in [0, 0.1) is 0 Å². The van der Waals surface area contributed by atoms with E-state index in [1.165, 1.54) is 16.3 Å². The van der Waals surface area contributed by atoms with Gasteiger partial charge in [0.15, 0.2) is 16.6 Å². The first-order valence-electron chi connectivity index (χ1n) is 6.13. The van der Waals surface area contributed by atoms with Crippen LogP contribution in [-0.2, 0) is 6.54 Å². The van der Waals surface area contributed by atoms with Crippen LogP contribution < -0.4 is 11.4 Å². The van der Waals surface area contributed by atoms with Gasteiger partial charge < -0.3 is 10.7 Å². The molecular weight excluding hydrogens is 310 g/mol. The smallest absolute Gasteiger partial charge is 0.328 e. The Kier molecular flexibility index (Phi) is 3.60. The lowest BCUT2D eigenvalue weighted by Gasteiger charge is -2.04. The van der Waals surface area contributed by atoms with Gasteiger partial charge >= 0.3 is 5.69 Å². The molecule has 0 bridgehead atoms. The molecule has 3 N–H and O–H groups in total. The van der Waals surface area contributed by atoms with E-state index in [2.05, 4.69) is 15.0 Å². The summed E-state index contributed by atoms with van der Waals surface area (Å²) in [6.07, 6.45) is 1.86. The Labute approximate surface area is 129 Å². The molecule has 2 aromatic heterocycles. The number of benzene rings is 1. The number of aromatic nitrogens is 4. The second-order valence-corrected chi connectivity index (χ2v) is 5.65. The van der Waals surface area contributed by atoms with Crippen molar-refractivity contribution in [3.63, 3.8) is 0 Å². The van der Waals surface area contributed by atoms with Gasteiger partial charge in [0.1, 0.15) is 5.52 Å². The third-order valence-electron chi connectivity index (χ3n) is 3.07. The van der Waals surface area contributed by atoms with Crippen LogP contribution in [0.3, 0.4) is 0 Å². The number of aromatic amines is 1. The Morgan fingerprint density at radius 2 is 2.05 bits per heavy atom. The molecule has 0 fully saturated rings. The molecule has 0 aliphatic carbocycles. The highest BCUT2D eigenvalue weighted by atomic mass is 35.5. The zero-order valence-electron chi connectivity index (χ0n) is 11.1. The van der Waals surface area contributed by atoms with E-state index in [-0.39, 0.29) is 11.5 Å². The summed E-state index contributed by atoms with van der Waals surface area (Å²) in [7, 11) is 0. The molecule has 0 aliphatic heterocycles. The number of anilines is 1. The Morgan fingerprint density at radius 3 is 2.71 bits per heavy atom. The highest BCUT2D eigenvalue weighted by Gasteiger charge is 2.13. The fraction of sp³-hybridized carbons (Fsp3) is 0.154. The number of hydrogen-bond acceptors (Lipinski definition) is 5. The highest BCUT2D eigenvalue weighted by molar-refractivity contribution is 7.98. The molecule has 6 nitrogen and oxygen atoms in total. The lowest BCUT2D eigenvalue weighted by atomic mass is 10.2. The van der Waals surface area contributed by atoms with Gasteiger partial charge in [0.25, 0.3) is 0 Å². The van der Waals surface area contributed by atoms with Crippen molar-refractivity contribution >= 4 is 40.3 Å². The molecule has 0 saturated carbocycles. The van der Waals surface area contributed by atoms with Crippen LogP contribution >= 0.6 is 23.4 Å². The molecule has 0 saturated heterocycles. The van der Waals surface area contributed by atoms with Crippen molar-refractivity contribution in [1.82, 2.24) is 19.5 Å². The van der Waals surface area contributed by atoms with Crippen molar-refractivity contribution in [2.45, 2.75) is 11.7 Å². The number of rotatable bonds is 3. The van der Waals surface area contributed by atoms with Crippen molar-refractivity contribution in [3.8, 4) is 0 Å². The van der Waals surface area contributed by atoms with Gasteiger partial charge in [-0.15, -0.1) is 0 Å². The number of fused-ring (bicyclic) bond motifs is 1. The standard InChI is InChI=1S/C13H12ClN5OS/c1-21-12-17-10(15)9-11(18-12)19(13(20)16-9)6-7-2-4-8(14)5-3-7/h2-5H,6H2,1H3,(H,16,20)(H2,15,17,18). The fourth-order valence-corrected chi connectivity index (χ4v) is 2.53. The van der Waals surface area contributed by atoms with E-state index in [0.717, 1.165) is 5.56 Å². The number of halogens is 1. The predicted octanol–water partition coefficient (Wildman–Crippen LogP) is 2.13. The summed E-state index contributed by atoms with van der Waals surface area (Å²) in [6.45, 7) is 0.389.